The largest absolute Gasteiger partial charge is 0.361 e. The van der Waals surface area contributed by atoms with Crippen LogP contribution in [0.15, 0.2) is 36.7 Å². The third-order valence-corrected chi connectivity index (χ3v) is 6.27. The molecule has 150 valence electrons. The molecule has 2 aliphatic rings. The second kappa shape index (κ2) is 7.85. The number of carbonyl (C=O) groups is 1. The highest BCUT2D eigenvalue weighted by Gasteiger charge is 2.27. The lowest BCUT2D eigenvalue weighted by molar-refractivity contribution is -0.125. The van der Waals surface area contributed by atoms with Crippen molar-refractivity contribution in [2.45, 2.75) is 38.5 Å². The van der Waals surface area contributed by atoms with Crippen LogP contribution >= 0.6 is 0 Å². The number of carbonyl (C=O) groups excluding carboxylic acids is 1. The van der Waals surface area contributed by atoms with Crippen molar-refractivity contribution in [1.29, 1.82) is 0 Å². The van der Waals surface area contributed by atoms with Crippen molar-refractivity contribution in [3.63, 3.8) is 0 Å². The van der Waals surface area contributed by atoms with E-state index in [0.29, 0.717) is 6.54 Å². The van der Waals surface area contributed by atoms with Crippen molar-refractivity contribution in [1.82, 2.24) is 20.3 Å². The average Bonchev–Trinajstić information content (AvgIpc) is 3.43. The van der Waals surface area contributed by atoms with E-state index < -0.39 is 0 Å². The van der Waals surface area contributed by atoms with Crippen LogP contribution in [0.5, 0.6) is 0 Å². The summed E-state index contributed by atoms with van der Waals surface area (Å²) in [5.74, 6) is 1.04. The molecule has 1 aliphatic heterocycles. The van der Waals surface area contributed by atoms with E-state index in [9.17, 15) is 4.79 Å². The molecule has 1 atom stereocenters. The number of amides is 1. The molecule has 1 aliphatic carbocycles. The summed E-state index contributed by atoms with van der Waals surface area (Å²) in [5, 5.41) is 4.38. The Bertz CT molecular complexity index is 1020. The molecule has 1 fully saturated rings. The molecular formula is C23H27N5O. The van der Waals surface area contributed by atoms with E-state index >= 15 is 0 Å². The van der Waals surface area contributed by atoms with Gasteiger partial charge in [0, 0.05) is 54.5 Å². The lowest BCUT2D eigenvalue weighted by Crippen LogP contribution is -2.35. The minimum Gasteiger partial charge on any atom is -0.361 e. The number of aromatic amines is 1. The Morgan fingerprint density at radius 3 is 3.00 bits per heavy atom. The molecule has 0 saturated carbocycles. The van der Waals surface area contributed by atoms with E-state index in [1.54, 1.807) is 0 Å². The van der Waals surface area contributed by atoms with Gasteiger partial charge in [0.2, 0.25) is 11.9 Å². The minimum atomic E-state index is 0.0201. The van der Waals surface area contributed by atoms with Crippen LogP contribution in [0, 0.1) is 5.92 Å². The number of aromatic nitrogens is 3. The fourth-order valence-electron chi connectivity index (χ4n) is 4.59. The summed E-state index contributed by atoms with van der Waals surface area (Å²) in [6.07, 6.45) is 9.74. The molecular weight excluding hydrogens is 362 g/mol. The van der Waals surface area contributed by atoms with Crippen molar-refractivity contribution in [3.05, 3.63) is 53.5 Å². The maximum Gasteiger partial charge on any atom is 0.225 e. The normalized spacial score (nSPS) is 18.8. The van der Waals surface area contributed by atoms with Crippen LogP contribution in [0.4, 0.5) is 5.95 Å². The topological polar surface area (TPSA) is 73.9 Å². The van der Waals surface area contributed by atoms with Gasteiger partial charge in [-0.15, -0.1) is 0 Å². The van der Waals surface area contributed by atoms with E-state index in [2.05, 4.69) is 38.4 Å². The first-order valence-corrected chi connectivity index (χ1v) is 10.7. The maximum atomic E-state index is 12.7. The number of nitrogens with one attached hydrogen (secondary N) is 2. The minimum absolute atomic E-state index is 0.0201. The Labute approximate surface area is 170 Å². The lowest BCUT2D eigenvalue weighted by Gasteiger charge is -2.24. The summed E-state index contributed by atoms with van der Waals surface area (Å²) >= 11 is 0. The van der Waals surface area contributed by atoms with Crippen molar-refractivity contribution in [2.24, 2.45) is 5.92 Å². The van der Waals surface area contributed by atoms with Gasteiger partial charge in [0.1, 0.15) is 0 Å². The Balaban J connectivity index is 1.17. The van der Waals surface area contributed by atoms with Crippen molar-refractivity contribution >= 4 is 22.8 Å². The van der Waals surface area contributed by atoms with Crippen LogP contribution < -0.4 is 10.2 Å². The first kappa shape index (κ1) is 18.2. The number of hydrogen-bond donors (Lipinski definition) is 2. The third kappa shape index (κ3) is 3.71. The standard InChI is InChI=1S/C23H27N5O/c29-22(24-10-9-17-14-25-21-6-2-1-5-19(17)21)16-7-8-20-18(13-16)15-26-23(27-20)28-11-3-4-12-28/h1-2,5-6,14-16,25H,3-4,7-13H2,(H,24,29)/t16-/m0/s1. The second-order valence-electron chi connectivity index (χ2n) is 8.18. The fraction of sp³-hybridized carbons (Fsp3) is 0.435. The molecule has 0 unspecified atom stereocenters. The molecule has 2 aromatic heterocycles. The Morgan fingerprint density at radius 2 is 2.10 bits per heavy atom. The lowest BCUT2D eigenvalue weighted by atomic mass is 9.86. The fourth-order valence-corrected chi connectivity index (χ4v) is 4.59. The Hall–Kier alpha value is -2.89. The summed E-state index contributed by atoms with van der Waals surface area (Å²) in [5.41, 5.74) is 4.66. The van der Waals surface area contributed by atoms with Gasteiger partial charge in [-0.2, -0.15) is 0 Å². The van der Waals surface area contributed by atoms with Gasteiger partial charge in [0.25, 0.3) is 0 Å². The number of H-pyrrole nitrogens is 1. The molecule has 1 amide bonds. The highest BCUT2D eigenvalue weighted by atomic mass is 16.1. The average molecular weight is 390 g/mol. The highest BCUT2D eigenvalue weighted by Crippen LogP contribution is 2.26. The van der Waals surface area contributed by atoms with Gasteiger partial charge >= 0.3 is 0 Å². The number of anilines is 1. The van der Waals surface area contributed by atoms with Crippen LogP contribution in [0.2, 0.25) is 0 Å². The smallest absolute Gasteiger partial charge is 0.225 e. The van der Waals surface area contributed by atoms with Crippen LogP contribution in [0.1, 0.15) is 36.1 Å². The van der Waals surface area contributed by atoms with E-state index in [1.165, 1.54) is 23.8 Å². The number of aryl methyl sites for hydroxylation is 1. The molecule has 0 spiro atoms. The molecule has 3 heterocycles. The predicted molar refractivity (Wildman–Crippen MR) is 114 cm³/mol. The molecule has 0 radical (unpaired) electrons. The Morgan fingerprint density at radius 1 is 1.24 bits per heavy atom. The zero-order chi connectivity index (χ0) is 19.6. The van der Waals surface area contributed by atoms with Gasteiger partial charge < -0.3 is 15.2 Å². The number of benzene rings is 1. The van der Waals surface area contributed by atoms with Crippen LogP contribution in [-0.4, -0.2) is 40.5 Å². The summed E-state index contributed by atoms with van der Waals surface area (Å²) in [6.45, 7) is 2.77. The van der Waals surface area contributed by atoms with E-state index in [-0.39, 0.29) is 11.8 Å². The van der Waals surface area contributed by atoms with Gasteiger partial charge in [-0.05, 0) is 55.7 Å². The van der Waals surface area contributed by atoms with E-state index in [4.69, 9.17) is 4.98 Å². The zero-order valence-corrected chi connectivity index (χ0v) is 16.7. The molecule has 2 N–H and O–H groups in total. The molecule has 29 heavy (non-hydrogen) atoms. The summed E-state index contributed by atoms with van der Waals surface area (Å²) < 4.78 is 0. The van der Waals surface area contributed by atoms with Crippen molar-refractivity contribution in [2.75, 3.05) is 24.5 Å². The van der Waals surface area contributed by atoms with Crippen molar-refractivity contribution < 1.29 is 4.79 Å². The molecule has 0 bridgehead atoms. The molecule has 1 aromatic carbocycles. The molecule has 1 saturated heterocycles. The maximum absolute atomic E-state index is 12.7. The van der Waals surface area contributed by atoms with Gasteiger partial charge in [0.15, 0.2) is 0 Å². The van der Waals surface area contributed by atoms with Crippen LogP contribution in [0.3, 0.4) is 0 Å². The van der Waals surface area contributed by atoms with E-state index in [0.717, 1.165) is 61.5 Å². The predicted octanol–water partition coefficient (Wildman–Crippen LogP) is 3.02. The highest BCUT2D eigenvalue weighted by molar-refractivity contribution is 5.83. The number of fused-ring (bicyclic) bond motifs is 2. The van der Waals surface area contributed by atoms with Crippen molar-refractivity contribution in [3.8, 4) is 0 Å². The monoisotopic (exact) mass is 389 g/mol. The van der Waals surface area contributed by atoms with Gasteiger partial charge in [-0.1, -0.05) is 18.2 Å². The van der Waals surface area contributed by atoms with E-state index in [1.807, 2.05) is 18.5 Å². The van der Waals surface area contributed by atoms with Crippen LogP contribution in [-0.2, 0) is 24.1 Å². The molecule has 6 heteroatoms. The number of hydrogen-bond acceptors (Lipinski definition) is 4. The molecule has 6 nitrogen and oxygen atoms in total. The van der Waals surface area contributed by atoms with Gasteiger partial charge in [0.05, 0.1) is 0 Å². The van der Waals surface area contributed by atoms with Gasteiger partial charge in [-0.3, -0.25) is 4.79 Å². The Kier molecular flexibility index (Phi) is 4.92. The summed E-state index contributed by atoms with van der Waals surface area (Å²) in [4.78, 5) is 27.6. The zero-order valence-electron chi connectivity index (χ0n) is 16.7. The molecule has 5 rings (SSSR count). The first-order chi connectivity index (χ1) is 14.3. The van der Waals surface area contributed by atoms with Gasteiger partial charge in [-0.25, -0.2) is 9.97 Å². The third-order valence-electron chi connectivity index (χ3n) is 6.27. The molecule has 3 aromatic rings. The first-order valence-electron chi connectivity index (χ1n) is 10.7. The van der Waals surface area contributed by atoms with Crippen LogP contribution in [0.25, 0.3) is 10.9 Å². The summed E-state index contributed by atoms with van der Waals surface area (Å²) in [7, 11) is 0. The number of para-hydroxylation sites is 1. The quantitative estimate of drug-likeness (QED) is 0.703. The summed E-state index contributed by atoms with van der Waals surface area (Å²) in [6, 6.07) is 8.28. The SMILES string of the molecule is O=C(NCCc1c[nH]c2ccccc12)[C@H]1CCc2nc(N3CCCC3)ncc2C1. The number of rotatable bonds is 5. The number of nitrogens with zero attached hydrogens (tertiary/aromatic N) is 3. The second-order valence-corrected chi connectivity index (χ2v) is 8.18.